The number of carbonyl (C=O) groups excluding carboxylic acids is 1. The number of thiazole rings is 1. The molecule has 0 bridgehead atoms. The van der Waals surface area contributed by atoms with E-state index in [1.807, 2.05) is 24.4 Å². The van der Waals surface area contributed by atoms with Gasteiger partial charge in [0.2, 0.25) is 0 Å². The SMILES string of the molecule is Cc1nc(-c2cccs2)sc1C(=O)NCc1ncc[nH]1. The summed E-state index contributed by atoms with van der Waals surface area (Å²) in [5.74, 6) is 0.623. The largest absolute Gasteiger partial charge is 0.347 e. The van der Waals surface area contributed by atoms with Crippen LogP contribution in [0.3, 0.4) is 0 Å². The van der Waals surface area contributed by atoms with Gasteiger partial charge in [-0.25, -0.2) is 9.97 Å². The molecule has 3 aromatic heterocycles. The zero-order chi connectivity index (χ0) is 13.9. The number of aromatic amines is 1. The Labute approximate surface area is 123 Å². The van der Waals surface area contributed by atoms with Crippen LogP contribution in [0.15, 0.2) is 29.9 Å². The van der Waals surface area contributed by atoms with Crippen molar-refractivity contribution in [2.75, 3.05) is 0 Å². The Morgan fingerprint density at radius 2 is 2.40 bits per heavy atom. The minimum Gasteiger partial charge on any atom is -0.347 e. The fourth-order valence-corrected chi connectivity index (χ4v) is 3.53. The Morgan fingerprint density at radius 1 is 1.50 bits per heavy atom. The van der Waals surface area contributed by atoms with Crippen LogP contribution in [0.2, 0.25) is 0 Å². The van der Waals surface area contributed by atoms with Gasteiger partial charge in [-0.1, -0.05) is 6.07 Å². The van der Waals surface area contributed by atoms with Crippen LogP contribution in [0, 0.1) is 6.92 Å². The highest BCUT2D eigenvalue weighted by Crippen LogP contribution is 2.30. The lowest BCUT2D eigenvalue weighted by Gasteiger charge is -2.01. The van der Waals surface area contributed by atoms with Crippen LogP contribution in [0.25, 0.3) is 9.88 Å². The fraction of sp³-hybridized carbons (Fsp3) is 0.154. The lowest BCUT2D eigenvalue weighted by molar-refractivity contribution is 0.0953. The van der Waals surface area contributed by atoms with E-state index in [0.717, 1.165) is 21.4 Å². The van der Waals surface area contributed by atoms with Crippen molar-refractivity contribution in [3.63, 3.8) is 0 Å². The van der Waals surface area contributed by atoms with Gasteiger partial charge >= 0.3 is 0 Å². The molecular formula is C13H12N4OS2. The number of aryl methyl sites for hydroxylation is 1. The van der Waals surface area contributed by atoms with Crippen LogP contribution in [0.4, 0.5) is 0 Å². The maximum atomic E-state index is 12.2. The van der Waals surface area contributed by atoms with Gasteiger partial charge in [0.05, 0.1) is 17.1 Å². The normalized spacial score (nSPS) is 10.7. The third kappa shape index (κ3) is 2.63. The summed E-state index contributed by atoms with van der Waals surface area (Å²) in [6.45, 7) is 2.24. The smallest absolute Gasteiger partial charge is 0.263 e. The predicted molar refractivity (Wildman–Crippen MR) is 79.9 cm³/mol. The second-order valence-corrected chi connectivity index (χ2v) is 6.08. The van der Waals surface area contributed by atoms with Crippen LogP contribution in [-0.4, -0.2) is 20.9 Å². The van der Waals surface area contributed by atoms with Gasteiger partial charge in [0.1, 0.15) is 15.7 Å². The number of rotatable bonds is 4. The van der Waals surface area contributed by atoms with E-state index < -0.39 is 0 Å². The third-order valence-electron chi connectivity index (χ3n) is 2.71. The van der Waals surface area contributed by atoms with Crippen molar-refractivity contribution < 1.29 is 4.79 Å². The van der Waals surface area contributed by atoms with Gasteiger partial charge in [-0.15, -0.1) is 22.7 Å². The number of imidazole rings is 1. The first-order valence-corrected chi connectivity index (χ1v) is 7.71. The molecule has 0 aliphatic heterocycles. The quantitative estimate of drug-likeness (QED) is 0.778. The van der Waals surface area contributed by atoms with Crippen LogP contribution in [0.5, 0.6) is 0 Å². The molecule has 3 heterocycles. The van der Waals surface area contributed by atoms with E-state index in [1.54, 1.807) is 23.7 Å². The fourth-order valence-electron chi connectivity index (χ4n) is 1.75. The molecule has 1 amide bonds. The first-order valence-electron chi connectivity index (χ1n) is 6.02. The highest BCUT2D eigenvalue weighted by Gasteiger charge is 2.16. The number of amides is 1. The van der Waals surface area contributed by atoms with E-state index >= 15 is 0 Å². The summed E-state index contributed by atoms with van der Waals surface area (Å²) in [5, 5.41) is 5.73. The first-order chi connectivity index (χ1) is 9.74. The van der Waals surface area contributed by atoms with E-state index in [2.05, 4.69) is 20.3 Å². The Morgan fingerprint density at radius 3 is 3.10 bits per heavy atom. The summed E-state index contributed by atoms with van der Waals surface area (Å²) in [6.07, 6.45) is 3.39. The molecule has 0 saturated heterocycles. The van der Waals surface area contributed by atoms with Crippen molar-refractivity contribution in [3.8, 4) is 9.88 Å². The van der Waals surface area contributed by atoms with E-state index in [4.69, 9.17) is 0 Å². The Bertz CT molecular complexity index is 701. The molecule has 5 nitrogen and oxygen atoms in total. The molecule has 7 heteroatoms. The molecule has 20 heavy (non-hydrogen) atoms. The highest BCUT2D eigenvalue weighted by atomic mass is 32.1. The van der Waals surface area contributed by atoms with Gasteiger partial charge in [-0.2, -0.15) is 0 Å². The second-order valence-electron chi connectivity index (χ2n) is 4.13. The van der Waals surface area contributed by atoms with Crippen LogP contribution in [-0.2, 0) is 6.54 Å². The lowest BCUT2D eigenvalue weighted by atomic mass is 10.3. The Balaban J connectivity index is 1.75. The van der Waals surface area contributed by atoms with Crippen molar-refractivity contribution in [1.82, 2.24) is 20.3 Å². The maximum absolute atomic E-state index is 12.2. The molecule has 0 fully saturated rings. The number of hydrogen-bond acceptors (Lipinski definition) is 5. The summed E-state index contributed by atoms with van der Waals surface area (Å²) >= 11 is 3.04. The Kier molecular flexibility index (Phi) is 3.62. The topological polar surface area (TPSA) is 70.7 Å². The summed E-state index contributed by atoms with van der Waals surface area (Å²) in [5.41, 5.74) is 0.760. The molecule has 0 saturated carbocycles. The van der Waals surface area contributed by atoms with Gasteiger partial charge in [0.15, 0.2) is 0 Å². The zero-order valence-corrected chi connectivity index (χ0v) is 12.3. The summed E-state index contributed by atoms with van der Waals surface area (Å²) in [4.78, 5) is 25.4. The number of aromatic nitrogens is 3. The van der Waals surface area contributed by atoms with Gasteiger partial charge in [-0.3, -0.25) is 4.79 Å². The molecule has 0 spiro atoms. The molecule has 3 rings (SSSR count). The van der Waals surface area contributed by atoms with Crippen molar-refractivity contribution >= 4 is 28.6 Å². The second kappa shape index (κ2) is 5.56. The molecule has 3 aromatic rings. The van der Waals surface area contributed by atoms with E-state index in [1.165, 1.54) is 11.3 Å². The van der Waals surface area contributed by atoms with Crippen molar-refractivity contribution in [1.29, 1.82) is 0 Å². The predicted octanol–water partition coefficient (Wildman–Crippen LogP) is 2.83. The van der Waals surface area contributed by atoms with Crippen molar-refractivity contribution in [2.45, 2.75) is 13.5 Å². The number of carbonyl (C=O) groups is 1. The molecule has 0 aliphatic carbocycles. The summed E-state index contributed by atoms with van der Waals surface area (Å²) in [7, 11) is 0. The lowest BCUT2D eigenvalue weighted by Crippen LogP contribution is -2.23. The molecule has 0 aliphatic rings. The van der Waals surface area contributed by atoms with Crippen LogP contribution in [0.1, 0.15) is 21.2 Å². The van der Waals surface area contributed by atoms with E-state index in [0.29, 0.717) is 11.4 Å². The maximum Gasteiger partial charge on any atom is 0.263 e. The van der Waals surface area contributed by atoms with Crippen LogP contribution >= 0.6 is 22.7 Å². The van der Waals surface area contributed by atoms with Gasteiger partial charge < -0.3 is 10.3 Å². The van der Waals surface area contributed by atoms with E-state index in [-0.39, 0.29) is 5.91 Å². The zero-order valence-electron chi connectivity index (χ0n) is 10.7. The highest BCUT2D eigenvalue weighted by molar-refractivity contribution is 7.22. The number of H-pyrrole nitrogens is 1. The van der Waals surface area contributed by atoms with Crippen molar-refractivity contribution in [3.05, 3.63) is 46.3 Å². The minimum atomic E-state index is -0.112. The Hall–Kier alpha value is -1.99. The molecule has 2 N–H and O–H groups in total. The van der Waals surface area contributed by atoms with Crippen molar-refractivity contribution in [2.24, 2.45) is 0 Å². The molecule has 0 atom stereocenters. The molecular weight excluding hydrogens is 292 g/mol. The number of nitrogens with one attached hydrogen (secondary N) is 2. The minimum absolute atomic E-state index is 0.112. The van der Waals surface area contributed by atoms with Gasteiger partial charge in [0.25, 0.3) is 5.91 Å². The van der Waals surface area contributed by atoms with Gasteiger partial charge in [0, 0.05) is 12.4 Å². The van der Waals surface area contributed by atoms with Crippen LogP contribution < -0.4 is 5.32 Å². The average Bonchev–Trinajstić information content (AvgIpc) is 3.17. The molecule has 0 unspecified atom stereocenters. The molecule has 0 aromatic carbocycles. The monoisotopic (exact) mass is 304 g/mol. The molecule has 0 radical (unpaired) electrons. The van der Waals surface area contributed by atoms with Gasteiger partial charge in [-0.05, 0) is 18.4 Å². The average molecular weight is 304 g/mol. The number of nitrogens with zero attached hydrogens (tertiary/aromatic N) is 2. The van der Waals surface area contributed by atoms with E-state index in [9.17, 15) is 4.79 Å². The third-order valence-corrected chi connectivity index (χ3v) is 4.90. The number of hydrogen-bond donors (Lipinski definition) is 2. The standard InChI is InChI=1S/C13H12N4OS2/c1-8-11(12(18)16-7-10-14-4-5-15-10)20-13(17-8)9-3-2-6-19-9/h2-6H,7H2,1H3,(H,14,15)(H,16,18). The summed E-state index contributed by atoms with van der Waals surface area (Å²) < 4.78 is 0. The summed E-state index contributed by atoms with van der Waals surface area (Å²) in [6, 6.07) is 3.99. The number of thiophene rings is 1. The first kappa shape index (κ1) is 13.0. The molecule has 102 valence electrons.